The number of rotatable bonds is 1. The van der Waals surface area contributed by atoms with Crippen LogP contribution in [0.3, 0.4) is 0 Å². The first-order chi connectivity index (χ1) is 9.82. The number of hydrogen-bond donors (Lipinski definition) is 1. The Bertz CT molecular complexity index is 468. The Kier molecular flexibility index (Phi) is 3.72. The smallest absolute Gasteiger partial charge is 0.246 e. The highest BCUT2D eigenvalue weighted by Crippen LogP contribution is 2.47. The standard InChI is InChI=1S/C15H24N2O3S/c1-14(20)5-3-8-16(9-7-14)13(19)11-10-21-15(2)6-4-12(18)17(11)15/h11,20H,3-10H2,1-2H3. The van der Waals surface area contributed by atoms with E-state index < -0.39 is 5.60 Å². The van der Waals surface area contributed by atoms with E-state index in [2.05, 4.69) is 6.92 Å². The molecule has 3 unspecified atom stereocenters. The first-order valence-electron chi connectivity index (χ1n) is 7.80. The van der Waals surface area contributed by atoms with Crippen LogP contribution < -0.4 is 0 Å². The summed E-state index contributed by atoms with van der Waals surface area (Å²) in [6.07, 6.45) is 3.57. The van der Waals surface area contributed by atoms with Crippen molar-refractivity contribution >= 4 is 23.6 Å². The van der Waals surface area contributed by atoms with Gasteiger partial charge < -0.3 is 14.9 Å². The van der Waals surface area contributed by atoms with Crippen LogP contribution in [-0.2, 0) is 9.59 Å². The monoisotopic (exact) mass is 312 g/mol. The molecule has 0 aliphatic carbocycles. The number of thioether (sulfide) groups is 1. The molecule has 3 aliphatic heterocycles. The number of likely N-dealkylation sites (tertiary alicyclic amines) is 1. The van der Waals surface area contributed by atoms with Gasteiger partial charge in [-0.25, -0.2) is 0 Å². The van der Waals surface area contributed by atoms with Crippen molar-refractivity contribution in [2.75, 3.05) is 18.8 Å². The van der Waals surface area contributed by atoms with Gasteiger partial charge in [-0.05, 0) is 39.5 Å². The van der Waals surface area contributed by atoms with Crippen LogP contribution in [0.25, 0.3) is 0 Å². The molecule has 1 N–H and O–H groups in total. The minimum absolute atomic E-state index is 0.0687. The Morgan fingerprint density at radius 1 is 1.29 bits per heavy atom. The van der Waals surface area contributed by atoms with Crippen molar-refractivity contribution in [3.05, 3.63) is 0 Å². The lowest BCUT2D eigenvalue weighted by molar-refractivity contribution is -0.143. The molecule has 3 aliphatic rings. The largest absolute Gasteiger partial charge is 0.390 e. The van der Waals surface area contributed by atoms with Gasteiger partial charge >= 0.3 is 0 Å². The highest BCUT2D eigenvalue weighted by atomic mass is 32.2. The molecule has 3 fully saturated rings. The summed E-state index contributed by atoms with van der Waals surface area (Å²) >= 11 is 1.73. The molecule has 0 radical (unpaired) electrons. The average molecular weight is 312 g/mol. The van der Waals surface area contributed by atoms with Crippen LogP contribution in [0.5, 0.6) is 0 Å². The number of aliphatic hydroxyl groups is 1. The topological polar surface area (TPSA) is 60.9 Å². The first kappa shape index (κ1) is 15.2. The summed E-state index contributed by atoms with van der Waals surface area (Å²) in [5, 5.41) is 10.1. The molecule has 21 heavy (non-hydrogen) atoms. The lowest BCUT2D eigenvalue weighted by Gasteiger charge is -2.33. The Balaban J connectivity index is 1.72. The van der Waals surface area contributed by atoms with Gasteiger partial charge in [-0.3, -0.25) is 9.59 Å². The van der Waals surface area contributed by atoms with Crippen molar-refractivity contribution in [1.82, 2.24) is 9.80 Å². The highest BCUT2D eigenvalue weighted by molar-refractivity contribution is 8.01. The zero-order chi connectivity index (χ0) is 15.3. The van der Waals surface area contributed by atoms with Crippen molar-refractivity contribution in [3.63, 3.8) is 0 Å². The predicted molar refractivity (Wildman–Crippen MR) is 81.8 cm³/mol. The van der Waals surface area contributed by atoms with Gasteiger partial charge in [-0.2, -0.15) is 0 Å². The second kappa shape index (κ2) is 5.16. The third-order valence-corrected chi connectivity index (χ3v) is 6.61. The molecule has 118 valence electrons. The molecular formula is C15H24N2O3S. The minimum Gasteiger partial charge on any atom is -0.390 e. The normalized spacial score (nSPS) is 40.3. The summed E-state index contributed by atoms with van der Waals surface area (Å²) in [7, 11) is 0. The molecule has 3 heterocycles. The molecular weight excluding hydrogens is 288 g/mol. The van der Waals surface area contributed by atoms with Gasteiger partial charge in [0.2, 0.25) is 11.8 Å². The molecule has 0 bridgehead atoms. The van der Waals surface area contributed by atoms with Gasteiger partial charge in [-0.15, -0.1) is 11.8 Å². The van der Waals surface area contributed by atoms with Gasteiger partial charge in [0.05, 0.1) is 10.5 Å². The lowest BCUT2D eigenvalue weighted by Crippen LogP contribution is -2.51. The fourth-order valence-corrected chi connectivity index (χ4v) is 5.12. The third kappa shape index (κ3) is 2.68. The maximum atomic E-state index is 12.8. The van der Waals surface area contributed by atoms with Crippen LogP contribution in [0.1, 0.15) is 46.0 Å². The highest BCUT2D eigenvalue weighted by Gasteiger charge is 2.53. The molecule has 0 aromatic carbocycles. The first-order valence-corrected chi connectivity index (χ1v) is 8.78. The molecule has 0 spiro atoms. The second-order valence-corrected chi connectivity index (χ2v) is 8.44. The maximum Gasteiger partial charge on any atom is 0.246 e. The van der Waals surface area contributed by atoms with E-state index >= 15 is 0 Å². The summed E-state index contributed by atoms with van der Waals surface area (Å²) in [5.41, 5.74) is -0.669. The summed E-state index contributed by atoms with van der Waals surface area (Å²) in [6, 6.07) is -0.307. The number of carbonyl (C=O) groups is 2. The van der Waals surface area contributed by atoms with Gasteiger partial charge in [-0.1, -0.05) is 0 Å². The van der Waals surface area contributed by atoms with Crippen LogP contribution in [0.4, 0.5) is 0 Å². The summed E-state index contributed by atoms with van der Waals surface area (Å²) < 4.78 is 0. The maximum absolute atomic E-state index is 12.8. The molecule has 0 saturated carbocycles. The second-order valence-electron chi connectivity index (χ2n) is 6.94. The van der Waals surface area contributed by atoms with E-state index in [0.29, 0.717) is 31.7 Å². The van der Waals surface area contributed by atoms with Gasteiger partial charge in [0.15, 0.2) is 0 Å². The summed E-state index contributed by atoms with van der Waals surface area (Å²) in [5.74, 6) is 0.885. The van der Waals surface area contributed by atoms with E-state index in [9.17, 15) is 14.7 Å². The molecule has 3 saturated heterocycles. The Hall–Kier alpha value is -0.750. The van der Waals surface area contributed by atoms with Crippen molar-refractivity contribution in [3.8, 4) is 0 Å². The van der Waals surface area contributed by atoms with Gasteiger partial charge in [0, 0.05) is 25.3 Å². The third-order valence-electron chi connectivity index (χ3n) is 5.11. The molecule has 2 amide bonds. The van der Waals surface area contributed by atoms with E-state index in [4.69, 9.17) is 0 Å². The van der Waals surface area contributed by atoms with Crippen LogP contribution in [-0.4, -0.2) is 62.1 Å². The van der Waals surface area contributed by atoms with Gasteiger partial charge in [0.1, 0.15) is 6.04 Å². The SMILES string of the molecule is CC1(O)CCCN(C(=O)C2CSC3(C)CCC(=O)N23)CC1. The van der Waals surface area contributed by atoms with E-state index in [1.807, 2.05) is 16.7 Å². The van der Waals surface area contributed by atoms with Crippen molar-refractivity contribution in [2.45, 2.75) is 62.5 Å². The molecule has 0 aromatic rings. The predicted octanol–water partition coefficient (Wildman–Crippen LogP) is 1.20. The summed E-state index contributed by atoms with van der Waals surface area (Å²) in [6.45, 7) is 5.19. The van der Waals surface area contributed by atoms with Gasteiger partial charge in [0.25, 0.3) is 0 Å². The number of amides is 2. The molecule has 3 atom stereocenters. The van der Waals surface area contributed by atoms with Crippen molar-refractivity contribution in [2.24, 2.45) is 0 Å². The van der Waals surface area contributed by atoms with Crippen LogP contribution >= 0.6 is 11.8 Å². The fraction of sp³-hybridized carbons (Fsp3) is 0.867. The lowest BCUT2D eigenvalue weighted by atomic mass is 9.98. The Morgan fingerprint density at radius 2 is 2.05 bits per heavy atom. The molecule has 3 rings (SSSR count). The van der Waals surface area contributed by atoms with E-state index in [1.165, 1.54) is 0 Å². The van der Waals surface area contributed by atoms with Crippen molar-refractivity contribution < 1.29 is 14.7 Å². The van der Waals surface area contributed by atoms with E-state index in [-0.39, 0.29) is 22.7 Å². The Labute approximate surface area is 130 Å². The Morgan fingerprint density at radius 3 is 2.81 bits per heavy atom. The van der Waals surface area contributed by atoms with Crippen LogP contribution in [0, 0.1) is 0 Å². The van der Waals surface area contributed by atoms with Crippen molar-refractivity contribution in [1.29, 1.82) is 0 Å². The fourth-order valence-electron chi connectivity index (χ4n) is 3.70. The van der Waals surface area contributed by atoms with Crippen LogP contribution in [0.15, 0.2) is 0 Å². The zero-order valence-electron chi connectivity index (χ0n) is 12.8. The molecule has 0 aromatic heterocycles. The quantitative estimate of drug-likeness (QED) is 0.790. The number of fused-ring (bicyclic) bond motifs is 1. The molecule has 5 nitrogen and oxygen atoms in total. The van der Waals surface area contributed by atoms with E-state index in [1.54, 1.807) is 11.8 Å². The number of nitrogens with zero attached hydrogens (tertiary/aromatic N) is 2. The molecule has 6 heteroatoms. The van der Waals surface area contributed by atoms with E-state index in [0.717, 1.165) is 19.3 Å². The summed E-state index contributed by atoms with van der Waals surface area (Å²) in [4.78, 5) is 28.5. The average Bonchev–Trinajstić information content (AvgIpc) is 2.82. The zero-order valence-corrected chi connectivity index (χ0v) is 13.6. The minimum atomic E-state index is -0.669. The number of hydrogen-bond acceptors (Lipinski definition) is 4. The number of carbonyl (C=O) groups excluding carboxylic acids is 2. The van der Waals surface area contributed by atoms with Crippen LogP contribution in [0.2, 0.25) is 0 Å².